The molecule has 0 saturated carbocycles. The normalized spacial score (nSPS) is 19.1. The highest BCUT2D eigenvalue weighted by Crippen LogP contribution is 2.34. The van der Waals surface area contributed by atoms with Crippen LogP contribution < -0.4 is 0 Å². The van der Waals surface area contributed by atoms with Gasteiger partial charge in [0.25, 0.3) is 0 Å². The van der Waals surface area contributed by atoms with E-state index in [1.54, 1.807) is 17.8 Å². The van der Waals surface area contributed by atoms with Gasteiger partial charge in [-0.15, -0.1) is 11.8 Å². The van der Waals surface area contributed by atoms with Gasteiger partial charge in [-0.05, 0) is 42.9 Å². The molecule has 1 aliphatic rings. The molecule has 1 aromatic rings. The smallest absolute Gasteiger partial charge is 0.124 e. The molecule has 2 nitrogen and oxygen atoms in total. The van der Waals surface area contributed by atoms with Gasteiger partial charge in [0.1, 0.15) is 10.6 Å². The second-order valence-electron chi connectivity index (χ2n) is 4.86. The number of nitriles is 1. The van der Waals surface area contributed by atoms with Gasteiger partial charge in [0.2, 0.25) is 0 Å². The number of likely N-dealkylation sites (tertiary alicyclic amines) is 1. The molecule has 1 heterocycles. The largest absolute Gasteiger partial charge is 0.299 e. The van der Waals surface area contributed by atoms with Gasteiger partial charge in [0.05, 0.1) is 6.07 Å². The van der Waals surface area contributed by atoms with E-state index in [1.807, 2.05) is 12.3 Å². The van der Waals surface area contributed by atoms with E-state index < -0.39 is 0 Å². The van der Waals surface area contributed by atoms with Crippen LogP contribution in [-0.4, -0.2) is 29.0 Å². The molecule has 1 fully saturated rings. The number of halogens is 2. The summed E-state index contributed by atoms with van der Waals surface area (Å²) in [6.07, 6.45) is 3.75. The second kappa shape index (κ2) is 6.25. The van der Waals surface area contributed by atoms with Crippen molar-refractivity contribution in [1.29, 1.82) is 5.26 Å². The van der Waals surface area contributed by atoms with Crippen LogP contribution in [0.5, 0.6) is 0 Å². The molecule has 19 heavy (non-hydrogen) atoms. The molecule has 0 spiro atoms. The van der Waals surface area contributed by atoms with Crippen LogP contribution in [0.4, 0.5) is 4.39 Å². The van der Waals surface area contributed by atoms with Crippen LogP contribution >= 0.6 is 27.7 Å². The van der Waals surface area contributed by atoms with Crippen molar-refractivity contribution in [3.8, 4) is 6.07 Å². The third-order valence-corrected chi connectivity index (χ3v) is 5.33. The predicted molar refractivity (Wildman–Crippen MR) is 80.5 cm³/mol. The maximum atomic E-state index is 13.3. The van der Waals surface area contributed by atoms with Gasteiger partial charge in [-0.3, -0.25) is 4.90 Å². The first-order chi connectivity index (χ1) is 9.07. The quantitative estimate of drug-likeness (QED) is 0.835. The van der Waals surface area contributed by atoms with Gasteiger partial charge < -0.3 is 0 Å². The molecule has 1 aromatic carbocycles. The van der Waals surface area contributed by atoms with Gasteiger partial charge in [-0.1, -0.05) is 15.9 Å². The van der Waals surface area contributed by atoms with E-state index in [1.165, 1.54) is 6.07 Å². The first kappa shape index (κ1) is 14.8. The van der Waals surface area contributed by atoms with E-state index in [2.05, 4.69) is 26.9 Å². The maximum Gasteiger partial charge on any atom is 0.124 e. The Balaban J connectivity index is 1.98. The van der Waals surface area contributed by atoms with Crippen molar-refractivity contribution in [2.45, 2.75) is 24.1 Å². The molecule has 2 rings (SSSR count). The van der Waals surface area contributed by atoms with Crippen molar-refractivity contribution in [3.63, 3.8) is 0 Å². The fraction of sp³-hybridized carbons (Fsp3) is 0.500. The minimum Gasteiger partial charge on any atom is -0.299 e. The van der Waals surface area contributed by atoms with E-state index in [9.17, 15) is 9.65 Å². The molecular weight excluding hydrogens is 327 g/mol. The lowest BCUT2D eigenvalue weighted by Gasteiger charge is -2.36. The summed E-state index contributed by atoms with van der Waals surface area (Å²) in [4.78, 5) is 2.28. The van der Waals surface area contributed by atoms with Crippen molar-refractivity contribution in [3.05, 3.63) is 34.1 Å². The number of nitrogens with zero attached hydrogens (tertiary/aromatic N) is 2. The van der Waals surface area contributed by atoms with Gasteiger partial charge in [0, 0.05) is 24.1 Å². The van der Waals surface area contributed by atoms with Crippen LogP contribution in [0.25, 0.3) is 0 Å². The molecule has 0 atom stereocenters. The lowest BCUT2D eigenvalue weighted by Crippen LogP contribution is -2.41. The Kier molecular flexibility index (Phi) is 4.88. The molecule has 0 unspecified atom stereocenters. The SMILES string of the molecule is CSC1(C#N)CCN(Cc2cc(F)cc(Br)c2)CC1. The number of piperidine rings is 1. The van der Waals surface area contributed by atoms with Crippen LogP contribution in [-0.2, 0) is 6.54 Å². The lowest BCUT2D eigenvalue weighted by atomic mass is 9.97. The highest BCUT2D eigenvalue weighted by molar-refractivity contribution is 9.10. The first-order valence-electron chi connectivity index (χ1n) is 6.21. The number of rotatable bonds is 3. The van der Waals surface area contributed by atoms with Crippen molar-refractivity contribution in [2.24, 2.45) is 0 Å². The van der Waals surface area contributed by atoms with Gasteiger partial charge in [0.15, 0.2) is 0 Å². The second-order valence-corrected chi connectivity index (χ2v) is 6.97. The van der Waals surface area contributed by atoms with Crippen LogP contribution in [0.15, 0.2) is 22.7 Å². The van der Waals surface area contributed by atoms with E-state index in [0.717, 1.165) is 42.5 Å². The molecule has 0 bridgehead atoms. The molecule has 102 valence electrons. The molecule has 1 aliphatic heterocycles. The molecule has 0 aliphatic carbocycles. The van der Waals surface area contributed by atoms with Crippen molar-refractivity contribution < 1.29 is 4.39 Å². The number of thioether (sulfide) groups is 1. The third-order valence-electron chi connectivity index (χ3n) is 3.59. The molecular formula is C14H16BrFN2S. The van der Waals surface area contributed by atoms with E-state index in [4.69, 9.17) is 0 Å². The molecule has 0 aromatic heterocycles. The minimum absolute atomic E-state index is 0.211. The van der Waals surface area contributed by atoms with Crippen molar-refractivity contribution >= 4 is 27.7 Å². The zero-order valence-electron chi connectivity index (χ0n) is 10.8. The fourth-order valence-electron chi connectivity index (χ4n) is 2.39. The van der Waals surface area contributed by atoms with Crippen LogP contribution in [0, 0.1) is 17.1 Å². The highest BCUT2D eigenvalue weighted by atomic mass is 79.9. The predicted octanol–water partition coefficient (Wildman–Crippen LogP) is 3.81. The molecule has 0 radical (unpaired) electrons. The fourth-order valence-corrected chi connectivity index (χ4v) is 3.59. The minimum atomic E-state index is -0.223. The summed E-state index contributed by atoms with van der Waals surface area (Å²) in [5, 5.41) is 9.25. The summed E-state index contributed by atoms with van der Waals surface area (Å²) in [5.74, 6) is -0.211. The summed E-state index contributed by atoms with van der Waals surface area (Å²) >= 11 is 4.96. The van der Waals surface area contributed by atoms with Crippen molar-refractivity contribution in [2.75, 3.05) is 19.3 Å². The number of benzene rings is 1. The maximum absolute atomic E-state index is 13.3. The standard InChI is InChI=1S/C14H16BrFN2S/c1-19-14(10-17)2-4-18(5-3-14)9-11-6-12(15)8-13(16)7-11/h6-8H,2-5,9H2,1H3. The van der Waals surface area contributed by atoms with Gasteiger partial charge >= 0.3 is 0 Å². The van der Waals surface area contributed by atoms with E-state index in [-0.39, 0.29) is 10.6 Å². The number of hydrogen-bond acceptors (Lipinski definition) is 3. The Morgan fingerprint density at radius 1 is 1.42 bits per heavy atom. The Morgan fingerprint density at radius 2 is 2.11 bits per heavy atom. The summed E-state index contributed by atoms with van der Waals surface area (Å²) in [6.45, 7) is 2.53. The van der Waals surface area contributed by atoms with Gasteiger partial charge in [-0.25, -0.2) is 4.39 Å². The Bertz CT molecular complexity index is 472. The number of hydrogen-bond donors (Lipinski definition) is 0. The van der Waals surface area contributed by atoms with Crippen LogP contribution in [0.1, 0.15) is 18.4 Å². The summed E-state index contributed by atoms with van der Waals surface area (Å²) in [5.41, 5.74) is 0.973. The average molecular weight is 343 g/mol. The molecule has 0 amide bonds. The van der Waals surface area contributed by atoms with Crippen LogP contribution in [0.2, 0.25) is 0 Å². The summed E-state index contributed by atoms with van der Waals surface area (Å²) in [7, 11) is 0. The first-order valence-corrected chi connectivity index (χ1v) is 8.22. The lowest BCUT2D eigenvalue weighted by molar-refractivity contribution is 0.209. The Morgan fingerprint density at radius 3 is 2.63 bits per heavy atom. The Hall–Kier alpha value is -0.570. The molecule has 5 heteroatoms. The van der Waals surface area contributed by atoms with Gasteiger partial charge in [-0.2, -0.15) is 5.26 Å². The Labute approximate surface area is 126 Å². The van der Waals surface area contributed by atoms with E-state index in [0.29, 0.717) is 0 Å². The highest BCUT2D eigenvalue weighted by Gasteiger charge is 2.33. The third kappa shape index (κ3) is 3.71. The van der Waals surface area contributed by atoms with Crippen molar-refractivity contribution in [1.82, 2.24) is 4.90 Å². The zero-order valence-corrected chi connectivity index (χ0v) is 13.2. The average Bonchev–Trinajstić information content (AvgIpc) is 2.39. The van der Waals surface area contributed by atoms with Crippen LogP contribution in [0.3, 0.4) is 0 Å². The topological polar surface area (TPSA) is 27.0 Å². The summed E-state index contributed by atoms with van der Waals surface area (Å²) in [6, 6.07) is 7.43. The summed E-state index contributed by atoms with van der Waals surface area (Å²) < 4.78 is 13.9. The molecule has 0 N–H and O–H groups in total. The molecule has 1 saturated heterocycles. The van der Waals surface area contributed by atoms with E-state index >= 15 is 0 Å². The monoisotopic (exact) mass is 342 g/mol. The zero-order chi connectivity index (χ0) is 13.9.